The molecule has 3 aliphatic rings. The fourth-order valence-corrected chi connectivity index (χ4v) is 5.69. The van der Waals surface area contributed by atoms with Gasteiger partial charge in [0.15, 0.2) is 0 Å². The van der Waals surface area contributed by atoms with Gasteiger partial charge in [-0.2, -0.15) is 5.26 Å². The smallest absolute Gasteiger partial charge is 0.310 e. The van der Waals surface area contributed by atoms with Crippen LogP contribution in [0.15, 0.2) is 41.2 Å². The van der Waals surface area contributed by atoms with E-state index in [9.17, 15) is 9.59 Å². The topological polar surface area (TPSA) is 93.4 Å². The summed E-state index contributed by atoms with van der Waals surface area (Å²) in [6.07, 6.45) is 3.57. The lowest BCUT2D eigenvalue weighted by atomic mass is 9.82. The Hall–Kier alpha value is -3.15. The summed E-state index contributed by atoms with van der Waals surface area (Å²) < 4.78 is 1.87. The van der Waals surface area contributed by atoms with Gasteiger partial charge in [-0.1, -0.05) is 6.07 Å². The molecular weight excluding hydrogens is 416 g/mol. The normalized spacial score (nSPS) is 23.4. The van der Waals surface area contributed by atoms with Crippen LogP contribution in [0.25, 0.3) is 0 Å². The highest BCUT2D eigenvalue weighted by molar-refractivity contribution is 5.99. The van der Waals surface area contributed by atoms with Crippen LogP contribution in [0, 0.1) is 17.2 Å². The number of fused-ring (bicyclic) bond motifs is 4. The molecule has 2 saturated heterocycles. The van der Waals surface area contributed by atoms with Crippen molar-refractivity contribution in [2.75, 3.05) is 43.9 Å². The molecule has 0 aliphatic carbocycles. The number of anilines is 2. The fourth-order valence-electron chi connectivity index (χ4n) is 5.69. The predicted molar refractivity (Wildman–Crippen MR) is 127 cm³/mol. The number of carbonyl (C=O) groups is 1. The Labute approximate surface area is 193 Å². The van der Waals surface area contributed by atoms with E-state index < -0.39 is 6.03 Å². The molecule has 4 heterocycles. The molecule has 8 heteroatoms. The maximum absolute atomic E-state index is 13.2. The molecule has 0 unspecified atom stereocenters. The number of likely N-dealkylation sites (tertiary alicyclic amines) is 2. The summed E-state index contributed by atoms with van der Waals surface area (Å²) in [5.74, 6) is 0.827. The van der Waals surface area contributed by atoms with Crippen molar-refractivity contribution < 1.29 is 4.79 Å². The summed E-state index contributed by atoms with van der Waals surface area (Å²) in [6.45, 7) is 5.07. The molecular formula is C25H30N6O2. The van der Waals surface area contributed by atoms with Gasteiger partial charge in [0.1, 0.15) is 5.69 Å². The molecule has 0 saturated carbocycles. The number of hydrogen-bond acceptors (Lipinski definition) is 5. The Morgan fingerprint density at radius 3 is 2.70 bits per heavy atom. The summed E-state index contributed by atoms with van der Waals surface area (Å²) >= 11 is 0. The first kappa shape index (κ1) is 21.7. The molecule has 2 N–H and O–H groups in total. The van der Waals surface area contributed by atoms with Crippen LogP contribution >= 0.6 is 0 Å². The van der Waals surface area contributed by atoms with Crippen molar-refractivity contribution in [1.29, 1.82) is 5.26 Å². The Bertz CT molecular complexity index is 1140. The highest BCUT2D eigenvalue weighted by atomic mass is 16.2. The summed E-state index contributed by atoms with van der Waals surface area (Å²) in [5.41, 5.74) is 2.19. The van der Waals surface area contributed by atoms with E-state index in [4.69, 9.17) is 5.26 Å². The van der Waals surface area contributed by atoms with Crippen molar-refractivity contribution >= 4 is 17.4 Å². The van der Waals surface area contributed by atoms with Crippen LogP contribution in [-0.2, 0) is 6.54 Å². The number of nitrogens with one attached hydrogen (secondary N) is 2. The van der Waals surface area contributed by atoms with Crippen molar-refractivity contribution in [1.82, 2.24) is 14.4 Å². The first-order valence-corrected chi connectivity index (χ1v) is 11.7. The van der Waals surface area contributed by atoms with E-state index in [-0.39, 0.29) is 11.2 Å². The minimum absolute atomic E-state index is 0.143. The van der Waals surface area contributed by atoms with Gasteiger partial charge in [0.2, 0.25) is 0 Å². The van der Waals surface area contributed by atoms with Crippen molar-refractivity contribution in [3.8, 4) is 6.07 Å². The molecule has 2 amide bonds. The second-order valence-electron chi connectivity index (χ2n) is 9.65. The van der Waals surface area contributed by atoms with Crippen LogP contribution in [-0.4, -0.2) is 59.7 Å². The summed E-state index contributed by atoms with van der Waals surface area (Å²) in [6, 6.07) is 12.6. The Morgan fingerprint density at radius 2 is 1.91 bits per heavy atom. The number of rotatable bonds is 3. The third-order valence-corrected chi connectivity index (χ3v) is 7.33. The van der Waals surface area contributed by atoms with Crippen molar-refractivity contribution in [3.63, 3.8) is 0 Å². The average molecular weight is 447 g/mol. The molecule has 172 valence electrons. The molecule has 1 aromatic heterocycles. The van der Waals surface area contributed by atoms with Crippen molar-refractivity contribution in [3.05, 3.63) is 58.0 Å². The molecule has 8 nitrogen and oxygen atoms in total. The number of urea groups is 1. The second kappa shape index (κ2) is 9.00. The van der Waals surface area contributed by atoms with Crippen LogP contribution in [0.4, 0.5) is 16.2 Å². The van der Waals surface area contributed by atoms with Crippen molar-refractivity contribution in [2.24, 2.45) is 5.92 Å². The number of aromatic nitrogens is 1. The molecule has 33 heavy (non-hydrogen) atoms. The number of carbonyl (C=O) groups excluding carboxylic acids is 1. The number of nitrogens with zero attached hydrogens (tertiary/aromatic N) is 4. The molecule has 2 atom stereocenters. The Kier molecular flexibility index (Phi) is 5.92. The Morgan fingerprint density at radius 1 is 1.09 bits per heavy atom. The van der Waals surface area contributed by atoms with E-state index in [1.165, 1.54) is 12.8 Å². The standard InChI is InChI=1S/C25H30N6O2/c1-29-9-7-21(8-10-29)30-14-18-11-19(16-30)23-6-5-22(24(32)31(23)15-18)28-25(33)27-20-4-2-3-17(12-20)13-26/h2-6,12,18-19,21H,7-11,14-16H2,1H3,(H2,27,28,33)/t18-,19+/m0/s1. The molecule has 5 rings (SSSR count). The van der Waals surface area contributed by atoms with Gasteiger partial charge >= 0.3 is 6.03 Å². The molecule has 2 aromatic rings. The van der Waals surface area contributed by atoms with E-state index in [2.05, 4.69) is 27.5 Å². The van der Waals surface area contributed by atoms with Gasteiger partial charge in [-0.3, -0.25) is 9.69 Å². The van der Waals surface area contributed by atoms with Gasteiger partial charge in [-0.25, -0.2) is 4.79 Å². The maximum atomic E-state index is 13.2. The van der Waals surface area contributed by atoms with Crippen LogP contribution in [0.1, 0.15) is 36.4 Å². The monoisotopic (exact) mass is 446 g/mol. The van der Waals surface area contributed by atoms with Crippen LogP contribution < -0.4 is 16.2 Å². The SMILES string of the molecule is CN1CCC(N2C[C@@H]3C[C@H](C2)c2ccc(NC(=O)Nc4cccc(C#N)c4)c(=O)n2C3)CC1. The van der Waals surface area contributed by atoms with Gasteiger partial charge in [0, 0.05) is 43.0 Å². The van der Waals surface area contributed by atoms with Gasteiger partial charge in [-0.15, -0.1) is 0 Å². The average Bonchev–Trinajstić information content (AvgIpc) is 2.81. The first-order valence-electron chi connectivity index (χ1n) is 11.7. The van der Waals surface area contributed by atoms with Crippen LogP contribution in [0.3, 0.4) is 0 Å². The lowest BCUT2D eigenvalue weighted by Crippen LogP contribution is -2.53. The number of benzene rings is 1. The van der Waals surface area contributed by atoms with E-state index >= 15 is 0 Å². The van der Waals surface area contributed by atoms with E-state index in [1.807, 2.05) is 16.7 Å². The lowest BCUT2D eigenvalue weighted by Gasteiger charge is -2.47. The lowest BCUT2D eigenvalue weighted by molar-refractivity contribution is 0.0517. The van der Waals surface area contributed by atoms with Crippen LogP contribution in [0.5, 0.6) is 0 Å². The highest BCUT2D eigenvalue weighted by Gasteiger charge is 2.37. The molecule has 2 bridgehead atoms. The van der Waals surface area contributed by atoms with E-state index in [0.29, 0.717) is 35.7 Å². The summed E-state index contributed by atoms with van der Waals surface area (Å²) in [5, 5.41) is 14.4. The minimum Gasteiger partial charge on any atom is -0.310 e. The predicted octanol–water partition coefficient (Wildman–Crippen LogP) is 2.88. The fraction of sp³-hybridized carbons (Fsp3) is 0.480. The molecule has 0 spiro atoms. The highest BCUT2D eigenvalue weighted by Crippen LogP contribution is 2.37. The van der Waals surface area contributed by atoms with Crippen LogP contribution in [0.2, 0.25) is 0 Å². The first-order chi connectivity index (χ1) is 16.0. The molecule has 1 aromatic carbocycles. The molecule has 2 fully saturated rings. The van der Waals surface area contributed by atoms with Gasteiger partial charge in [-0.05, 0) is 75.6 Å². The Balaban J connectivity index is 1.29. The number of nitriles is 1. The number of piperidine rings is 2. The van der Waals surface area contributed by atoms with Gasteiger partial charge in [0.05, 0.1) is 11.6 Å². The minimum atomic E-state index is -0.493. The quantitative estimate of drug-likeness (QED) is 0.756. The zero-order valence-corrected chi connectivity index (χ0v) is 19.0. The summed E-state index contributed by atoms with van der Waals surface area (Å²) in [4.78, 5) is 30.8. The third kappa shape index (κ3) is 4.52. The van der Waals surface area contributed by atoms with E-state index in [1.54, 1.807) is 30.3 Å². The zero-order chi connectivity index (χ0) is 22.9. The van der Waals surface area contributed by atoms with Crippen molar-refractivity contribution in [2.45, 2.75) is 37.8 Å². The van der Waals surface area contributed by atoms with E-state index in [0.717, 1.165) is 38.3 Å². The zero-order valence-electron chi connectivity index (χ0n) is 19.0. The number of amides is 2. The molecule has 0 radical (unpaired) electrons. The van der Waals surface area contributed by atoms with Gasteiger partial charge < -0.3 is 20.1 Å². The number of pyridine rings is 1. The maximum Gasteiger partial charge on any atom is 0.323 e. The number of hydrogen-bond donors (Lipinski definition) is 2. The molecule has 3 aliphatic heterocycles. The second-order valence-corrected chi connectivity index (χ2v) is 9.65. The largest absolute Gasteiger partial charge is 0.323 e. The third-order valence-electron chi connectivity index (χ3n) is 7.33. The van der Waals surface area contributed by atoms with Gasteiger partial charge in [0.25, 0.3) is 5.56 Å². The summed E-state index contributed by atoms with van der Waals surface area (Å²) in [7, 11) is 2.19.